The van der Waals surface area contributed by atoms with Gasteiger partial charge in [0.1, 0.15) is 0 Å². The number of rotatable bonds is 12. The molecule has 0 radical (unpaired) electrons. The molecule has 0 aliphatic carbocycles. The molecular weight excluding hydrogens is 414 g/mol. The fraction of sp³-hybridized carbons (Fsp3) is 0.484. The van der Waals surface area contributed by atoms with Crippen LogP contribution in [0.3, 0.4) is 0 Å². The van der Waals surface area contributed by atoms with Crippen molar-refractivity contribution < 1.29 is 0 Å². The lowest BCUT2D eigenvalue weighted by molar-refractivity contribution is 0.207. The van der Waals surface area contributed by atoms with Gasteiger partial charge >= 0.3 is 0 Å². The van der Waals surface area contributed by atoms with Crippen LogP contribution in [-0.4, -0.2) is 28.0 Å². The minimum atomic E-state index is 0.297. The van der Waals surface area contributed by atoms with Gasteiger partial charge in [0.05, 0.1) is 6.04 Å². The molecule has 2 aromatic carbocycles. The van der Waals surface area contributed by atoms with Gasteiger partial charge in [0.25, 0.3) is 0 Å². The van der Waals surface area contributed by atoms with E-state index in [4.69, 9.17) is 0 Å². The Morgan fingerprint density at radius 1 is 0.765 bits per heavy atom. The van der Waals surface area contributed by atoms with Crippen molar-refractivity contribution in [2.45, 2.75) is 83.6 Å². The van der Waals surface area contributed by atoms with E-state index in [1.807, 2.05) is 0 Å². The van der Waals surface area contributed by atoms with Crippen molar-refractivity contribution in [1.29, 1.82) is 0 Å². The first-order valence-electron chi connectivity index (χ1n) is 13.8. The summed E-state index contributed by atoms with van der Waals surface area (Å²) < 4.78 is 0. The number of fused-ring (bicyclic) bond motifs is 4. The Morgan fingerprint density at radius 3 is 2.18 bits per heavy atom. The van der Waals surface area contributed by atoms with E-state index in [0.29, 0.717) is 6.04 Å². The molecule has 2 aromatic heterocycles. The number of hydrogen-bond acceptors (Lipinski definition) is 1. The van der Waals surface area contributed by atoms with Crippen LogP contribution >= 0.6 is 0 Å². The Kier molecular flexibility index (Phi) is 7.70. The van der Waals surface area contributed by atoms with Crippen LogP contribution in [0.4, 0.5) is 0 Å². The highest BCUT2D eigenvalue weighted by Crippen LogP contribution is 2.40. The number of nitrogens with zero attached hydrogens (tertiary/aromatic N) is 1. The van der Waals surface area contributed by atoms with Crippen molar-refractivity contribution >= 4 is 21.8 Å². The molecule has 1 atom stereocenters. The molecule has 180 valence electrons. The summed E-state index contributed by atoms with van der Waals surface area (Å²) in [7, 11) is 0. The fourth-order valence-corrected chi connectivity index (χ4v) is 6.01. The molecule has 2 N–H and O–H groups in total. The standard InChI is InChI=1S/C31H41N3/c1-2-3-4-5-6-7-8-9-10-15-21-34-22-20-26-24-16-12-14-19-29(24)33-30(26)31(34)27-23-32-28-18-13-11-17-25(27)28/h11-14,16-19,23,31-33H,2-10,15,20-22H2,1H3. The fourth-order valence-electron chi connectivity index (χ4n) is 6.01. The zero-order valence-corrected chi connectivity index (χ0v) is 20.9. The van der Waals surface area contributed by atoms with Crippen LogP contribution in [0.5, 0.6) is 0 Å². The van der Waals surface area contributed by atoms with Crippen molar-refractivity contribution in [2.24, 2.45) is 0 Å². The number of para-hydroxylation sites is 2. The molecule has 0 fully saturated rings. The topological polar surface area (TPSA) is 34.8 Å². The molecule has 0 bridgehead atoms. The van der Waals surface area contributed by atoms with Crippen LogP contribution in [0.2, 0.25) is 0 Å². The number of H-pyrrole nitrogens is 2. The third-order valence-electron chi connectivity index (χ3n) is 7.85. The molecule has 4 aromatic rings. The summed E-state index contributed by atoms with van der Waals surface area (Å²) in [5.74, 6) is 0. The second-order valence-corrected chi connectivity index (χ2v) is 10.2. The van der Waals surface area contributed by atoms with Gasteiger partial charge in [0, 0.05) is 45.8 Å². The van der Waals surface area contributed by atoms with Gasteiger partial charge in [-0.15, -0.1) is 0 Å². The monoisotopic (exact) mass is 455 g/mol. The summed E-state index contributed by atoms with van der Waals surface area (Å²) in [6, 6.07) is 17.9. The second kappa shape index (κ2) is 11.3. The molecule has 1 unspecified atom stereocenters. The van der Waals surface area contributed by atoms with Crippen LogP contribution in [0.25, 0.3) is 21.8 Å². The van der Waals surface area contributed by atoms with Crippen molar-refractivity contribution in [3.63, 3.8) is 0 Å². The van der Waals surface area contributed by atoms with Crippen LogP contribution in [0, 0.1) is 0 Å². The van der Waals surface area contributed by atoms with Gasteiger partial charge in [-0.1, -0.05) is 101 Å². The largest absolute Gasteiger partial charge is 0.361 e. The summed E-state index contributed by atoms with van der Waals surface area (Å²) in [5, 5.41) is 2.76. The number of unbranched alkanes of at least 4 members (excludes halogenated alkanes) is 9. The normalized spacial score (nSPS) is 16.4. The predicted molar refractivity (Wildman–Crippen MR) is 146 cm³/mol. The van der Waals surface area contributed by atoms with E-state index in [2.05, 4.69) is 76.5 Å². The van der Waals surface area contributed by atoms with E-state index in [1.165, 1.54) is 109 Å². The van der Waals surface area contributed by atoms with Crippen molar-refractivity contribution in [3.8, 4) is 0 Å². The second-order valence-electron chi connectivity index (χ2n) is 10.2. The van der Waals surface area contributed by atoms with Crippen molar-refractivity contribution in [3.05, 3.63) is 71.5 Å². The number of benzene rings is 2. The molecule has 0 saturated carbocycles. The van der Waals surface area contributed by atoms with E-state index in [1.54, 1.807) is 0 Å². The Hall–Kier alpha value is -2.52. The maximum atomic E-state index is 3.83. The highest BCUT2D eigenvalue weighted by atomic mass is 15.2. The number of aromatic amines is 2. The van der Waals surface area contributed by atoms with Gasteiger partial charge in [-0.05, 0) is 37.1 Å². The smallest absolute Gasteiger partial charge is 0.0778 e. The van der Waals surface area contributed by atoms with Crippen LogP contribution in [0.15, 0.2) is 54.7 Å². The number of aromatic nitrogens is 2. The summed E-state index contributed by atoms with van der Waals surface area (Å²) in [6.07, 6.45) is 17.3. The average molecular weight is 456 g/mol. The highest BCUT2D eigenvalue weighted by Gasteiger charge is 2.32. The van der Waals surface area contributed by atoms with Crippen LogP contribution in [0.1, 0.15) is 94.0 Å². The van der Waals surface area contributed by atoms with E-state index in [9.17, 15) is 0 Å². The Bertz CT molecular complexity index is 1180. The number of nitrogens with one attached hydrogen (secondary N) is 2. The van der Waals surface area contributed by atoms with E-state index in [0.717, 1.165) is 13.0 Å². The molecule has 0 amide bonds. The molecule has 1 aliphatic heterocycles. The van der Waals surface area contributed by atoms with Gasteiger partial charge in [0.2, 0.25) is 0 Å². The summed E-state index contributed by atoms with van der Waals surface area (Å²) in [5.41, 5.74) is 6.85. The summed E-state index contributed by atoms with van der Waals surface area (Å²) >= 11 is 0. The zero-order valence-electron chi connectivity index (χ0n) is 20.9. The average Bonchev–Trinajstić information content (AvgIpc) is 3.46. The van der Waals surface area contributed by atoms with E-state index >= 15 is 0 Å². The predicted octanol–water partition coefficient (Wildman–Crippen LogP) is 8.52. The lowest BCUT2D eigenvalue weighted by atomic mass is 9.92. The van der Waals surface area contributed by atoms with Gasteiger partial charge in [-0.25, -0.2) is 0 Å². The van der Waals surface area contributed by atoms with Crippen molar-refractivity contribution in [1.82, 2.24) is 14.9 Å². The molecule has 5 rings (SSSR count). The molecule has 0 spiro atoms. The first kappa shape index (κ1) is 23.2. The summed E-state index contributed by atoms with van der Waals surface area (Å²) in [4.78, 5) is 10.1. The third kappa shape index (κ3) is 4.95. The maximum Gasteiger partial charge on any atom is 0.0778 e. The Balaban J connectivity index is 1.27. The lowest BCUT2D eigenvalue weighted by Crippen LogP contribution is -2.36. The number of hydrogen-bond donors (Lipinski definition) is 2. The van der Waals surface area contributed by atoms with Gasteiger partial charge in [-0.3, -0.25) is 4.90 Å². The quantitative estimate of drug-likeness (QED) is 0.206. The minimum Gasteiger partial charge on any atom is -0.361 e. The molecule has 34 heavy (non-hydrogen) atoms. The third-order valence-corrected chi connectivity index (χ3v) is 7.85. The molecule has 3 heterocycles. The van der Waals surface area contributed by atoms with Gasteiger partial charge < -0.3 is 9.97 Å². The molecular formula is C31H41N3. The lowest BCUT2D eigenvalue weighted by Gasteiger charge is -2.36. The molecule has 0 saturated heterocycles. The van der Waals surface area contributed by atoms with Crippen LogP contribution in [-0.2, 0) is 6.42 Å². The van der Waals surface area contributed by atoms with Crippen molar-refractivity contribution in [2.75, 3.05) is 13.1 Å². The van der Waals surface area contributed by atoms with Crippen LogP contribution < -0.4 is 0 Å². The molecule has 1 aliphatic rings. The minimum absolute atomic E-state index is 0.297. The van der Waals surface area contributed by atoms with Gasteiger partial charge in [-0.2, -0.15) is 0 Å². The molecule has 3 nitrogen and oxygen atoms in total. The van der Waals surface area contributed by atoms with Gasteiger partial charge in [0.15, 0.2) is 0 Å². The zero-order chi connectivity index (χ0) is 23.2. The maximum absolute atomic E-state index is 3.83. The Labute approximate surface area is 204 Å². The first-order chi connectivity index (χ1) is 16.9. The first-order valence-corrected chi connectivity index (χ1v) is 13.8. The van der Waals surface area contributed by atoms with E-state index in [-0.39, 0.29) is 0 Å². The SMILES string of the molecule is CCCCCCCCCCCCN1CCc2c([nH]c3ccccc23)C1c1c[nH]c2ccccc12. The highest BCUT2D eigenvalue weighted by molar-refractivity contribution is 5.87. The van der Waals surface area contributed by atoms with E-state index < -0.39 is 0 Å². The summed E-state index contributed by atoms with van der Waals surface area (Å²) in [6.45, 7) is 4.61. The Morgan fingerprint density at radius 2 is 1.41 bits per heavy atom. The molecule has 3 heteroatoms.